The summed E-state index contributed by atoms with van der Waals surface area (Å²) in [5.41, 5.74) is 0.641. The summed E-state index contributed by atoms with van der Waals surface area (Å²) >= 11 is 0. The summed E-state index contributed by atoms with van der Waals surface area (Å²) in [5.74, 6) is 1.31. The molecule has 124 valence electrons. The number of halogens is 2. The van der Waals surface area contributed by atoms with Gasteiger partial charge in [0.25, 0.3) is 0 Å². The van der Waals surface area contributed by atoms with Crippen molar-refractivity contribution in [3.8, 4) is 5.75 Å². The molecular formula is C14H18F2N6O. The molecule has 23 heavy (non-hydrogen) atoms. The second-order valence-electron chi connectivity index (χ2n) is 4.39. The van der Waals surface area contributed by atoms with Crippen molar-refractivity contribution in [2.45, 2.75) is 20.5 Å². The van der Waals surface area contributed by atoms with Crippen LogP contribution in [0.15, 0.2) is 24.3 Å². The number of alkyl halides is 2. The number of aromatic nitrogens is 3. The summed E-state index contributed by atoms with van der Waals surface area (Å²) in [6.45, 7) is 2.38. The third-order valence-corrected chi connectivity index (χ3v) is 2.64. The van der Waals surface area contributed by atoms with E-state index in [9.17, 15) is 8.78 Å². The van der Waals surface area contributed by atoms with Crippen LogP contribution in [0.25, 0.3) is 0 Å². The first kappa shape index (κ1) is 16.7. The Balaban J connectivity index is 2.14. The Kier molecular flexibility index (Phi) is 5.84. The molecule has 1 heterocycles. The van der Waals surface area contributed by atoms with Crippen molar-refractivity contribution in [2.75, 3.05) is 29.0 Å². The predicted molar refractivity (Wildman–Crippen MR) is 84.5 cm³/mol. The van der Waals surface area contributed by atoms with Gasteiger partial charge >= 0.3 is 6.61 Å². The zero-order valence-corrected chi connectivity index (χ0v) is 12.8. The fourth-order valence-corrected chi connectivity index (χ4v) is 1.75. The van der Waals surface area contributed by atoms with Gasteiger partial charge < -0.3 is 20.7 Å². The number of benzene rings is 1. The molecule has 7 nitrogen and oxygen atoms in total. The van der Waals surface area contributed by atoms with Gasteiger partial charge in [0.1, 0.15) is 5.75 Å². The molecule has 0 fully saturated rings. The van der Waals surface area contributed by atoms with E-state index >= 15 is 0 Å². The first-order chi connectivity index (χ1) is 11.1. The molecule has 0 spiro atoms. The number of hydrogen-bond donors (Lipinski definition) is 3. The van der Waals surface area contributed by atoms with E-state index in [0.717, 1.165) is 0 Å². The summed E-state index contributed by atoms with van der Waals surface area (Å²) in [7, 11) is 0. The molecule has 0 radical (unpaired) electrons. The van der Waals surface area contributed by atoms with E-state index in [1.807, 2.05) is 13.8 Å². The molecule has 0 aliphatic carbocycles. The first-order valence-electron chi connectivity index (χ1n) is 7.16. The van der Waals surface area contributed by atoms with Gasteiger partial charge in [0.05, 0.1) is 0 Å². The summed E-state index contributed by atoms with van der Waals surface area (Å²) in [5, 5.41) is 9.03. The third-order valence-electron chi connectivity index (χ3n) is 2.64. The second-order valence-corrected chi connectivity index (χ2v) is 4.39. The second kappa shape index (κ2) is 8.06. The fraction of sp³-hybridized carbons (Fsp3) is 0.357. The topological polar surface area (TPSA) is 84.0 Å². The highest BCUT2D eigenvalue weighted by Gasteiger charge is 2.07. The Bertz CT molecular complexity index is 599. The number of rotatable bonds is 8. The largest absolute Gasteiger partial charge is 0.435 e. The fourth-order valence-electron chi connectivity index (χ4n) is 1.75. The highest BCUT2D eigenvalue weighted by molar-refractivity contribution is 5.56. The van der Waals surface area contributed by atoms with Gasteiger partial charge in [-0.1, -0.05) is 0 Å². The van der Waals surface area contributed by atoms with Crippen LogP contribution in [-0.4, -0.2) is 34.7 Å². The average Bonchev–Trinajstić information content (AvgIpc) is 2.49. The number of anilines is 4. The molecule has 0 bridgehead atoms. The molecule has 1 aromatic heterocycles. The number of ether oxygens (including phenoxy) is 1. The van der Waals surface area contributed by atoms with Crippen LogP contribution in [0.2, 0.25) is 0 Å². The Labute approximate surface area is 132 Å². The molecule has 0 saturated heterocycles. The quantitative estimate of drug-likeness (QED) is 0.688. The SMILES string of the molecule is CCNc1nc(NCC)nc(Nc2ccc(OC(F)F)cc2)n1. The van der Waals surface area contributed by atoms with Crippen LogP contribution >= 0.6 is 0 Å². The van der Waals surface area contributed by atoms with Gasteiger partial charge in [-0.3, -0.25) is 0 Å². The van der Waals surface area contributed by atoms with Gasteiger partial charge in [-0.2, -0.15) is 23.7 Å². The minimum absolute atomic E-state index is 0.0860. The Morgan fingerprint density at radius 2 is 1.43 bits per heavy atom. The van der Waals surface area contributed by atoms with Crippen molar-refractivity contribution in [3.63, 3.8) is 0 Å². The lowest BCUT2D eigenvalue weighted by Gasteiger charge is -2.10. The summed E-state index contributed by atoms with van der Waals surface area (Å²) in [6.07, 6.45) is 0. The minimum Gasteiger partial charge on any atom is -0.435 e. The normalized spacial score (nSPS) is 10.5. The van der Waals surface area contributed by atoms with Crippen LogP contribution in [0, 0.1) is 0 Å². The Morgan fingerprint density at radius 3 is 1.91 bits per heavy atom. The highest BCUT2D eigenvalue weighted by atomic mass is 19.3. The minimum atomic E-state index is -2.84. The molecule has 2 aromatic rings. The lowest BCUT2D eigenvalue weighted by Crippen LogP contribution is -2.10. The molecule has 0 amide bonds. The molecule has 9 heteroatoms. The van der Waals surface area contributed by atoms with Crippen molar-refractivity contribution in [1.82, 2.24) is 15.0 Å². The molecule has 3 N–H and O–H groups in total. The van der Waals surface area contributed by atoms with Crippen molar-refractivity contribution < 1.29 is 13.5 Å². The van der Waals surface area contributed by atoms with E-state index in [4.69, 9.17) is 0 Å². The maximum Gasteiger partial charge on any atom is 0.387 e. The monoisotopic (exact) mass is 324 g/mol. The zero-order chi connectivity index (χ0) is 16.7. The van der Waals surface area contributed by atoms with Crippen LogP contribution in [0.4, 0.5) is 32.3 Å². The molecule has 0 aliphatic rings. The van der Waals surface area contributed by atoms with E-state index in [0.29, 0.717) is 36.6 Å². The maximum absolute atomic E-state index is 12.1. The smallest absolute Gasteiger partial charge is 0.387 e. The third kappa shape index (κ3) is 5.20. The van der Waals surface area contributed by atoms with E-state index in [1.54, 1.807) is 12.1 Å². The van der Waals surface area contributed by atoms with E-state index in [2.05, 4.69) is 35.6 Å². The molecule has 2 rings (SSSR count). The highest BCUT2D eigenvalue weighted by Crippen LogP contribution is 2.20. The lowest BCUT2D eigenvalue weighted by atomic mass is 10.3. The summed E-state index contributed by atoms with van der Waals surface area (Å²) in [6, 6.07) is 6.07. The first-order valence-corrected chi connectivity index (χ1v) is 7.16. The molecule has 0 atom stereocenters. The average molecular weight is 324 g/mol. The predicted octanol–water partition coefficient (Wildman–Crippen LogP) is 3.08. The van der Waals surface area contributed by atoms with Crippen LogP contribution in [-0.2, 0) is 0 Å². The standard InChI is InChI=1S/C14H18F2N6O/c1-3-17-12-20-13(18-4-2)22-14(21-12)19-9-5-7-10(8-6-9)23-11(15)16/h5-8,11H,3-4H2,1-2H3,(H3,17,18,19,20,21,22). The summed E-state index contributed by atoms with van der Waals surface area (Å²) in [4.78, 5) is 12.7. The van der Waals surface area contributed by atoms with Gasteiger partial charge in [-0.05, 0) is 38.1 Å². The van der Waals surface area contributed by atoms with E-state index in [1.165, 1.54) is 12.1 Å². The Hall–Kier alpha value is -2.71. The van der Waals surface area contributed by atoms with E-state index in [-0.39, 0.29) is 5.75 Å². The van der Waals surface area contributed by atoms with Gasteiger partial charge in [0.2, 0.25) is 17.8 Å². The van der Waals surface area contributed by atoms with Gasteiger partial charge in [-0.25, -0.2) is 0 Å². The molecular weight excluding hydrogens is 306 g/mol. The van der Waals surface area contributed by atoms with Crippen LogP contribution in [0.3, 0.4) is 0 Å². The number of nitrogens with one attached hydrogen (secondary N) is 3. The maximum atomic E-state index is 12.1. The van der Waals surface area contributed by atoms with Gasteiger partial charge in [-0.15, -0.1) is 0 Å². The van der Waals surface area contributed by atoms with Crippen molar-refractivity contribution >= 4 is 23.5 Å². The molecule has 1 aromatic carbocycles. The lowest BCUT2D eigenvalue weighted by molar-refractivity contribution is -0.0498. The number of hydrogen-bond acceptors (Lipinski definition) is 7. The summed E-state index contributed by atoms with van der Waals surface area (Å²) < 4.78 is 28.5. The van der Waals surface area contributed by atoms with E-state index < -0.39 is 6.61 Å². The van der Waals surface area contributed by atoms with Crippen molar-refractivity contribution in [3.05, 3.63) is 24.3 Å². The molecule has 0 saturated carbocycles. The van der Waals surface area contributed by atoms with Crippen LogP contribution in [0.1, 0.15) is 13.8 Å². The van der Waals surface area contributed by atoms with Crippen LogP contribution in [0.5, 0.6) is 5.75 Å². The number of nitrogens with zero attached hydrogens (tertiary/aromatic N) is 3. The molecule has 0 aliphatic heterocycles. The van der Waals surface area contributed by atoms with Gasteiger partial charge in [0, 0.05) is 18.8 Å². The van der Waals surface area contributed by atoms with Crippen molar-refractivity contribution in [2.24, 2.45) is 0 Å². The van der Waals surface area contributed by atoms with Crippen LogP contribution < -0.4 is 20.7 Å². The zero-order valence-electron chi connectivity index (χ0n) is 12.8. The van der Waals surface area contributed by atoms with Gasteiger partial charge in [0.15, 0.2) is 0 Å². The molecule has 0 unspecified atom stereocenters. The van der Waals surface area contributed by atoms with Crippen molar-refractivity contribution in [1.29, 1.82) is 0 Å². The Morgan fingerprint density at radius 1 is 0.913 bits per heavy atom.